The van der Waals surface area contributed by atoms with E-state index in [1.54, 1.807) is 6.92 Å². The van der Waals surface area contributed by atoms with Gasteiger partial charge in [-0.05, 0) is 6.92 Å². The van der Waals surface area contributed by atoms with Crippen molar-refractivity contribution in [1.82, 2.24) is 9.71 Å². The Labute approximate surface area is 93.0 Å². The molecule has 16 heavy (non-hydrogen) atoms. The van der Waals surface area contributed by atoms with Gasteiger partial charge in [0.25, 0.3) is 0 Å². The first-order valence-corrected chi connectivity index (χ1v) is 6.02. The van der Waals surface area contributed by atoms with Crippen LogP contribution in [0, 0.1) is 11.3 Å². The molecule has 0 saturated heterocycles. The monoisotopic (exact) mass is 241 g/mol. The van der Waals surface area contributed by atoms with Gasteiger partial charge >= 0.3 is 0 Å². The molecule has 0 fully saturated rings. The molecule has 0 spiro atoms. The number of nitriles is 1. The maximum Gasteiger partial charge on any atom is 0.246 e. The second-order valence-electron chi connectivity index (χ2n) is 3.26. The summed E-state index contributed by atoms with van der Waals surface area (Å²) in [6.07, 6.45) is 2.51. The fraction of sp³-hybridized carbons (Fsp3) is 0.333. The molecule has 2 N–H and O–H groups in total. The van der Waals surface area contributed by atoms with Crippen LogP contribution >= 0.6 is 0 Å². The van der Waals surface area contributed by atoms with Gasteiger partial charge in [-0.15, -0.1) is 0 Å². The zero-order valence-corrected chi connectivity index (χ0v) is 9.41. The summed E-state index contributed by atoms with van der Waals surface area (Å²) in [5.41, 5.74) is -0.588. The number of pyridine rings is 1. The van der Waals surface area contributed by atoms with Gasteiger partial charge in [0.1, 0.15) is 4.90 Å². The molecule has 0 aromatic carbocycles. The summed E-state index contributed by atoms with van der Waals surface area (Å²) < 4.78 is 25.6. The maximum atomic E-state index is 11.7. The number of hydrogen-bond donors (Lipinski definition) is 2. The molecule has 1 atom stereocenters. The number of nitrogens with zero attached hydrogens (tertiary/aromatic N) is 1. The van der Waals surface area contributed by atoms with E-state index < -0.39 is 21.5 Å². The van der Waals surface area contributed by atoms with E-state index in [-0.39, 0.29) is 11.3 Å². The molecule has 7 heteroatoms. The SMILES string of the molecule is CC(CC#N)NS(=O)(=O)c1c[nH]ccc1=O. The fourth-order valence-corrected chi connectivity index (χ4v) is 2.41. The van der Waals surface area contributed by atoms with Crippen LogP contribution in [0.1, 0.15) is 13.3 Å². The number of nitrogens with one attached hydrogen (secondary N) is 2. The van der Waals surface area contributed by atoms with E-state index in [9.17, 15) is 13.2 Å². The lowest BCUT2D eigenvalue weighted by molar-refractivity contribution is 0.562. The van der Waals surface area contributed by atoms with E-state index in [0.717, 1.165) is 12.3 Å². The maximum absolute atomic E-state index is 11.7. The summed E-state index contributed by atoms with van der Waals surface area (Å²) >= 11 is 0. The number of H-pyrrole nitrogens is 1. The summed E-state index contributed by atoms with van der Waals surface area (Å²) in [5.74, 6) is 0. The smallest absolute Gasteiger partial charge is 0.246 e. The molecular formula is C9H11N3O3S. The third kappa shape index (κ3) is 2.92. The zero-order valence-electron chi connectivity index (χ0n) is 8.60. The third-order valence-corrected chi connectivity index (χ3v) is 3.44. The molecule has 0 aliphatic carbocycles. The second-order valence-corrected chi connectivity index (χ2v) is 4.94. The first kappa shape index (κ1) is 12.4. The summed E-state index contributed by atoms with van der Waals surface area (Å²) in [5, 5.41) is 8.41. The molecule has 0 bridgehead atoms. The number of hydrogen-bond acceptors (Lipinski definition) is 4. The van der Waals surface area contributed by atoms with Crippen molar-refractivity contribution in [2.24, 2.45) is 0 Å². The number of rotatable bonds is 4. The largest absolute Gasteiger partial charge is 0.366 e. The summed E-state index contributed by atoms with van der Waals surface area (Å²) in [6, 6.07) is 2.44. The number of aromatic amines is 1. The molecule has 0 amide bonds. The van der Waals surface area contributed by atoms with Gasteiger partial charge in [-0.2, -0.15) is 5.26 Å². The van der Waals surface area contributed by atoms with E-state index in [0.29, 0.717) is 0 Å². The van der Waals surface area contributed by atoms with Crippen molar-refractivity contribution in [3.05, 3.63) is 28.7 Å². The quantitative estimate of drug-likeness (QED) is 0.771. The molecule has 1 aromatic heterocycles. The van der Waals surface area contributed by atoms with Gasteiger partial charge in [0, 0.05) is 24.5 Å². The van der Waals surface area contributed by atoms with E-state index >= 15 is 0 Å². The standard InChI is InChI=1S/C9H11N3O3S/c1-7(2-4-10)12-16(14,15)9-6-11-5-3-8(9)13/h3,5-7,12H,2H2,1H3,(H,11,13). The van der Waals surface area contributed by atoms with Crippen molar-refractivity contribution in [2.45, 2.75) is 24.3 Å². The highest BCUT2D eigenvalue weighted by Gasteiger charge is 2.19. The molecule has 0 saturated carbocycles. The molecular weight excluding hydrogens is 230 g/mol. The van der Waals surface area contributed by atoms with Crippen LogP contribution in [0.25, 0.3) is 0 Å². The van der Waals surface area contributed by atoms with Crippen LogP contribution in [0.15, 0.2) is 28.2 Å². The van der Waals surface area contributed by atoms with Gasteiger partial charge < -0.3 is 4.98 Å². The Morgan fingerprint density at radius 1 is 1.62 bits per heavy atom. The van der Waals surface area contributed by atoms with Crippen molar-refractivity contribution in [3.8, 4) is 6.07 Å². The second kappa shape index (κ2) is 4.92. The average molecular weight is 241 g/mol. The topological polar surface area (TPSA) is 103 Å². The van der Waals surface area contributed by atoms with Crippen molar-refractivity contribution < 1.29 is 8.42 Å². The van der Waals surface area contributed by atoms with Crippen LogP contribution in [0.2, 0.25) is 0 Å². The predicted octanol–water partition coefficient (Wildman–Crippen LogP) is -0.0446. The van der Waals surface area contributed by atoms with Crippen molar-refractivity contribution >= 4 is 10.0 Å². The van der Waals surface area contributed by atoms with Gasteiger partial charge in [0.2, 0.25) is 15.5 Å². The molecule has 1 unspecified atom stereocenters. The molecule has 0 aliphatic rings. The number of sulfonamides is 1. The third-order valence-electron chi connectivity index (χ3n) is 1.83. The van der Waals surface area contributed by atoms with Crippen LogP contribution in [0.3, 0.4) is 0 Å². The van der Waals surface area contributed by atoms with Crippen LogP contribution in [-0.2, 0) is 10.0 Å². The fourth-order valence-electron chi connectivity index (χ4n) is 1.12. The molecule has 0 aliphatic heterocycles. The van der Waals surface area contributed by atoms with E-state index in [1.165, 1.54) is 6.20 Å². The average Bonchev–Trinajstić information content (AvgIpc) is 2.17. The molecule has 6 nitrogen and oxygen atoms in total. The predicted molar refractivity (Wildman–Crippen MR) is 57.1 cm³/mol. The van der Waals surface area contributed by atoms with Gasteiger partial charge in [-0.3, -0.25) is 4.79 Å². The van der Waals surface area contributed by atoms with Crippen molar-refractivity contribution in [3.63, 3.8) is 0 Å². The molecule has 0 radical (unpaired) electrons. The summed E-state index contributed by atoms with van der Waals surface area (Å²) in [4.78, 5) is 13.5. The van der Waals surface area contributed by atoms with E-state index in [4.69, 9.17) is 5.26 Å². The van der Waals surface area contributed by atoms with Crippen molar-refractivity contribution in [1.29, 1.82) is 5.26 Å². The Morgan fingerprint density at radius 2 is 2.31 bits per heavy atom. The van der Waals surface area contributed by atoms with Crippen LogP contribution in [0.5, 0.6) is 0 Å². The lowest BCUT2D eigenvalue weighted by Gasteiger charge is -2.09. The van der Waals surface area contributed by atoms with Gasteiger partial charge in [-0.1, -0.05) is 0 Å². The molecule has 1 aromatic rings. The van der Waals surface area contributed by atoms with Crippen LogP contribution in [-0.4, -0.2) is 19.4 Å². The lowest BCUT2D eigenvalue weighted by Crippen LogP contribution is -2.34. The van der Waals surface area contributed by atoms with E-state index in [2.05, 4.69) is 9.71 Å². The van der Waals surface area contributed by atoms with Gasteiger partial charge in [-0.25, -0.2) is 13.1 Å². The molecule has 1 heterocycles. The Morgan fingerprint density at radius 3 is 2.88 bits per heavy atom. The Bertz CT molecular complexity index is 556. The van der Waals surface area contributed by atoms with Crippen LogP contribution in [0.4, 0.5) is 0 Å². The lowest BCUT2D eigenvalue weighted by atomic mass is 10.3. The highest BCUT2D eigenvalue weighted by atomic mass is 32.2. The number of aromatic nitrogens is 1. The first-order chi connectivity index (χ1) is 7.47. The zero-order chi connectivity index (χ0) is 12.2. The van der Waals surface area contributed by atoms with Crippen LogP contribution < -0.4 is 10.2 Å². The molecule has 1 rings (SSSR count). The highest BCUT2D eigenvalue weighted by Crippen LogP contribution is 2.02. The Hall–Kier alpha value is -1.65. The van der Waals surface area contributed by atoms with Gasteiger partial charge in [0.05, 0.1) is 12.5 Å². The Balaban J connectivity index is 3.01. The molecule has 86 valence electrons. The van der Waals surface area contributed by atoms with E-state index in [1.807, 2.05) is 6.07 Å². The highest BCUT2D eigenvalue weighted by molar-refractivity contribution is 7.89. The minimum absolute atomic E-state index is 0.0456. The summed E-state index contributed by atoms with van der Waals surface area (Å²) in [6.45, 7) is 1.55. The Kier molecular flexibility index (Phi) is 3.82. The van der Waals surface area contributed by atoms with Gasteiger partial charge in [0.15, 0.2) is 0 Å². The normalized spacial score (nSPS) is 13.0. The minimum Gasteiger partial charge on any atom is -0.366 e. The summed E-state index contributed by atoms with van der Waals surface area (Å²) in [7, 11) is -3.86. The first-order valence-electron chi connectivity index (χ1n) is 4.54. The minimum atomic E-state index is -3.86. The van der Waals surface area contributed by atoms with Crippen molar-refractivity contribution in [2.75, 3.05) is 0 Å².